The summed E-state index contributed by atoms with van der Waals surface area (Å²) in [6, 6.07) is 8.97. The summed E-state index contributed by atoms with van der Waals surface area (Å²) >= 11 is 0. The predicted octanol–water partition coefficient (Wildman–Crippen LogP) is 4.70. The summed E-state index contributed by atoms with van der Waals surface area (Å²) in [5.74, 6) is 0.978. The van der Waals surface area contributed by atoms with Gasteiger partial charge in [-0.15, -0.1) is 0 Å². The Bertz CT molecular complexity index is 349. The smallest absolute Gasteiger partial charge is 0.120 e. The van der Waals surface area contributed by atoms with Crippen LogP contribution < -0.4 is 10.1 Å². The Morgan fingerprint density at radius 3 is 2.58 bits per heavy atom. The largest absolute Gasteiger partial charge is 0.491 e. The van der Waals surface area contributed by atoms with Crippen molar-refractivity contribution in [1.82, 2.24) is 5.32 Å². The minimum Gasteiger partial charge on any atom is -0.491 e. The molecular weight excluding hydrogens is 234 g/mol. The molecule has 0 bridgehead atoms. The molecule has 0 aromatic heterocycles. The minimum absolute atomic E-state index is 0.230. The van der Waals surface area contributed by atoms with E-state index >= 15 is 0 Å². The minimum atomic E-state index is 0.230. The van der Waals surface area contributed by atoms with E-state index in [2.05, 4.69) is 51.2 Å². The lowest BCUT2D eigenvalue weighted by Crippen LogP contribution is -2.21. The molecule has 0 radical (unpaired) electrons. The molecule has 19 heavy (non-hydrogen) atoms. The monoisotopic (exact) mass is 263 g/mol. The average Bonchev–Trinajstić information content (AvgIpc) is 2.37. The van der Waals surface area contributed by atoms with E-state index in [1.165, 1.54) is 31.2 Å². The van der Waals surface area contributed by atoms with Gasteiger partial charge in [0.15, 0.2) is 0 Å². The molecule has 0 fully saturated rings. The SMILES string of the molecule is CCCCCC(NCC)c1cccc(OC(C)C)c1. The molecule has 0 aliphatic rings. The molecule has 2 heteroatoms. The first kappa shape index (κ1) is 16.0. The quantitative estimate of drug-likeness (QED) is 0.652. The molecule has 2 nitrogen and oxygen atoms in total. The molecule has 1 aromatic carbocycles. The zero-order valence-electron chi connectivity index (χ0n) is 12.9. The van der Waals surface area contributed by atoms with Crippen LogP contribution >= 0.6 is 0 Å². The van der Waals surface area contributed by atoms with Gasteiger partial charge in [0.1, 0.15) is 5.75 Å². The molecule has 0 heterocycles. The maximum atomic E-state index is 5.78. The van der Waals surface area contributed by atoms with Crippen LogP contribution in [0.1, 0.15) is 65.0 Å². The van der Waals surface area contributed by atoms with Gasteiger partial charge in [-0.2, -0.15) is 0 Å². The van der Waals surface area contributed by atoms with E-state index in [4.69, 9.17) is 4.74 Å². The average molecular weight is 263 g/mol. The fourth-order valence-electron chi connectivity index (χ4n) is 2.31. The summed E-state index contributed by atoms with van der Waals surface area (Å²) in [5.41, 5.74) is 1.34. The second-order valence-electron chi connectivity index (χ2n) is 5.35. The lowest BCUT2D eigenvalue weighted by Gasteiger charge is -2.19. The summed E-state index contributed by atoms with van der Waals surface area (Å²) in [5, 5.41) is 3.58. The van der Waals surface area contributed by atoms with Crippen LogP contribution in [-0.2, 0) is 0 Å². The molecule has 0 aliphatic carbocycles. The number of nitrogens with one attached hydrogen (secondary N) is 1. The van der Waals surface area contributed by atoms with E-state index in [0.717, 1.165) is 12.3 Å². The summed E-state index contributed by atoms with van der Waals surface area (Å²) in [7, 11) is 0. The van der Waals surface area contributed by atoms with Crippen molar-refractivity contribution < 1.29 is 4.74 Å². The number of ether oxygens (including phenoxy) is 1. The molecule has 0 saturated carbocycles. The van der Waals surface area contributed by atoms with Crippen molar-refractivity contribution in [3.8, 4) is 5.75 Å². The van der Waals surface area contributed by atoms with Crippen molar-refractivity contribution in [3.05, 3.63) is 29.8 Å². The van der Waals surface area contributed by atoms with Crippen molar-refractivity contribution in [2.24, 2.45) is 0 Å². The second-order valence-corrected chi connectivity index (χ2v) is 5.35. The van der Waals surface area contributed by atoms with Crippen molar-refractivity contribution in [1.29, 1.82) is 0 Å². The Hall–Kier alpha value is -1.02. The number of rotatable bonds is 9. The third kappa shape index (κ3) is 6.11. The van der Waals surface area contributed by atoms with E-state index in [1.807, 2.05) is 6.07 Å². The van der Waals surface area contributed by atoms with Crippen molar-refractivity contribution in [2.75, 3.05) is 6.54 Å². The van der Waals surface area contributed by atoms with Crippen molar-refractivity contribution in [2.45, 2.75) is 65.5 Å². The molecule has 0 saturated heterocycles. The van der Waals surface area contributed by atoms with E-state index in [1.54, 1.807) is 0 Å². The molecule has 108 valence electrons. The molecule has 1 unspecified atom stereocenters. The van der Waals surface area contributed by atoms with Gasteiger partial charge in [-0.25, -0.2) is 0 Å². The van der Waals surface area contributed by atoms with Crippen LogP contribution in [0.3, 0.4) is 0 Å². The first-order chi connectivity index (χ1) is 9.17. The van der Waals surface area contributed by atoms with Gasteiger partial charge in [-0.3, -0.25) is 0 Å². The normalized spacial score (nSPS) is 12.7. The lowest BCUT2D eigenvalue weighted by atomic mass is 10.00. The van der Waals surface area contributed by atoms with Crippen LogP contribution in [0.2, 0.25) is 0 Å². The Morgan fingerprint density at radius 2 is 1.95 bits per heavy atom. The molecular formula is C17H29NO. The van der Waals surface area contributed by atoms with Crippen molar-refractivity contribution in [3.63, 3.8) is 0 Å². The number of unbranched alkanes of at least 4 members (excludes halogenated alkanes) is 2. The zero-order valence-corrected chi connectivity index (χ0v) is 12.9. The number of hydrogen-bond donors (Lipinski definition) is 1. The highest BCUT2D eigenvalue weighted by Gasteiger charge is 2.11. The Labute approximate surface area is 118 Å². The van der Waals surface area contributed by atoms with E-state index < -0.39 is 0 Å². The van der Waals surface area contributed by atoms with Crippen LogP contribution in [0.5, 0.6) is 5.75 Å². The number of benzene rings is 1. The van der Waals surface area contributed by atoms with Gasteiger partial charge in [0.2, 0.25) is 0 Å². The second kappa shape index (κ2) is 8.98. The van der Waals surface area contributed by atoms with Gasteiger partial charge in [-0.1, -0.05) is 45.2 Å². The third-order valence-electron chi connectivity index (χ3n) is 3.18. The van der Waals surface area contributed by atoms with E-state index in [-0.39, 0.29) is 6.10 Å². The first-order valence-corrected chi connectivity index (χ1v) is 7.67. The molecule has 0 spiro atoms. The topological polar surface area (TPSA) is 21.3 Å². The first-order valence-electron chi connectivity index (χ1n) is 7.67. The molecule has 1 rings (SSSR count). The third-order valence-corrected chi connectivity index (χ3v) is 3.18. The fourth-order valence-corrected chi connectivity index (χ4v) is 2.31. The lowest BCUT2D eigenvalue weighted by molar-refractivity contribution is 0.242. The van der Waals surface area contributed by atoms with Crippen LogP contribution in [0.4, 0.5) is 0 Å². The van der Waals surface area contributed by atoms with Gasteiger partial charge in [0, 0.05) is 6.04 Å². The highest BCUT2D eigenvalue weighted by Crippen LogP contribution is 2.24. The zero-order chi connectivity index (χ0) is 14.1. The summed E-state index contributed by atoms with van der Waals surface area (Å²) in [6.07, 6.45) is 5.29. The molecule has 0 amide bonds. The molecule has 1 atom stereocenters. The number of hydrogen-bond acceptors (Lipinski definition) is 2. The maximum absolute atomic E-state index is 5.78. The molecule has 1 N–H and O–H groups in total. The van der Waals surface area contributed by atoms with Crippen molar-refractivity contribution >= 4 is 0 Å². The van der Waals surface area contributed by atoms with Crippen LogP contribution in [0.25, 0.3) is 0 Å². The van der Waals surface area contributed by atoms with Crippen LogP contribution in [0, 0.1) is 0 Å². The highest BCUT2D eigenvalue weighted by molar-refractivity contribution is 5.30. The Balaban J connectivity index is 2.71. The van der Waals surface area contributed by atoms with E-state index in [0.29, 0.717) is 6.04 Å². The summed E-state index contributed by atoms with van der Waals surface area (Å²) < 4.78 is 5.78. The summed E-state index contributed by atoms with van der Waals surface area (Å²) in [6.45, 7) is 9.55. The van der Waals surface area contributed by atoms with Gasteiger partial charge >= 0.3 is 0 Å². The van der Waals surface area contributed by atoms with Gasteiger partial charge in [0.05, 0.1) is 6.10 Å². The fraction of sp³-hybridized carbons (Fsp3) is 0.647. The van der Waals surface area contributed by atoms with Gasteiger partial charge in [-0.05, 0) is 44.5 Å². The predicted molar refractivity (Wildman–Crippen MR) is 82.8 cm³/mol. The summed E-state index contributed by atoms with van der Waals surface area (Å²) in [4.78, 5) is 0. The van der Waals surface area contributed by atoms with E-state index in [9.17, 15) is 0 Å². The van der Waals surface area contributed by atoms with Crippen LogP contribution in [0.15, 0.2) is 24.3 Å². The maximum Gasteiger partial charge on any atom is 0.120 e. The highest BCUT2D eigenvalue weighted by atomic mass is 16.5. The van der Waals surface area contributed by atoms with Gasteiger partial charge in [0.25, 0.3) is 0 Å². The van der Waals surface area contributed by atoms with Crippen LogP contribution in [-0.4, -0.2) is 12.6 Å². The standard InChI is InChI=1S/C17H29NO/c1-5-7-8-12-17(18-6-2)15-10-9-11-16(13-15)19-14(3)4/h9-11,13-14,17-18H,5-8,12H2,1-4H3. The molecule has 0 aliphatic heterocycles. The Morgan fingerprint density at radius 1 is 1.16 bits per heavy atom. The van der Waals surface area contributed by atoms with Gasteiger partial charge < -0.3 is 10.1 Å². The Kier molecular flexibility index (Phi) is 7.57. The molecule has 1 aromatic rings.